The molecule has 0 spiro atoms. The molecule has 0 saturated carbocycles. The number of halogens is 1. The molecule has 0 rings (SSSR count). The third-order valence-electron chi connectivity index (χ3n) is 1.52. The lowest BCUT2D eigenvalue weighted by atomic mass is 10.7. The van der Waals surface area contributed by atoms with Crippen molar-refractivity contribution in [1.82, 2.24) is 4.57 Å². The van der Waals surface area contributed by atoms with Crippen LogP contribution in [0.2, 0.25) is 13.1 Å². The quantitative estimate of drug-likeness (QED) is 0.458. The number of hydrogen-bond donors (Lipinski definition) is 0. The third-order valence-corrected chi connectivity index (χ3v) is 4.37. The van der Waals surface area contributed by atoms with Gasteiger partial charge in [-0.25, -0.2) is 0 Å². The van der Waals surface area contributed by atoms with E-state index in [0.29, 0.717) is 0 Å². The van der Waals surface area contributed by atoms with Crippen molar-refractivity contribution in [1.29, 1.82) is 0 Å². The van der Waals surface area contributed by atoms with Crippen molar-refractivity contribution < 1.29 is 0 Å². The first-order valence-electron chi connectivity index (χ1n) is 3.46. The Morgan fingerprint density at radius 2 is 1.56 bits per heavy atom. The van der Waals surface area contributed by atoms with Gasteiger partial charge in [0.15, 0.2) is 0 Å². The van der Waals surface area contributed by atoms with Gasteiger partial charge < -0.3 is 4.57 Å². The van der Waals surface area contributed by atoms with Gasteiger partial charge in [-0.3, -0.25) is 0 Å². The van der Waals surface area contributed by atoms with E-state index in [4.69, 9.17) is 11.1 Å². The molecule has 0 fully saturated rings. The Morgan fingerprint density at radius 1 is 1.22 bits per heavy atom. The van der Waals surface area contributed by atoms with Crippen LogP contribution in [0, 0.1) is 0 Å². The smallest absolute Gasteiger partial charge is 0.223 e. The minimum Gasteiger partial charge on any atom is -0.312 e. The minimum absolute atomic E-state index is 1.08. The van der Waals surface area contributed by atoms with Crippen LogP contribution in [-0.2, 0) is 0 Å². The summed E-state index contributed by atoms with van der Waals surface area (Å²) in [6.45, 7) is 10.8. The van der Waals surface area contributed by atoms with Gasteiger partial charge in [-0.15, -0.1) is 11.1 Å². The van der Waals surface area contributed by atoms with E-state index in [2.05, 4.69) is 31.5 Å². The van der Waals surface area contributed by atoms with E-state index in [0.717, 1.165) is 13.1 Å². The molecule has 56 valence electrons. The van der Waals surface area contributed by atoms with Gasteiger partial charge in [0, 0.05) is 0 Å². The van der Waals surface area contributed by atoms with Gasteiger partial charge in [0.25, 0.3) is 0 Å². The summed E-state index contributed by atoms with van der Waals surface area (Å²) in [4.78, 5) is 0. The van der Waals surface area contributed by atoms with E-state index in [1.54, 1.807) is 0 Å². The SMILES string of the molecule is CCN(CC)[Si](C)(C)Cl. The molecule has 3 heteroatoms. The average molecular weight is 166 g/mol. The Morgan fingerprint density at radius 3 is 1.56 bits per heavy atom. The summed E-state index contributed by atoms with van der Waals surface area (Å²) < 4.78 is 2.34. The van der Waals surface area contributed by atoms with Crippen LogP contribution in [0.4, 0.5) is 0 Å². The molecule has 0 heterocycles. The van der Waals surface area contributed by atoms with E-state index >= 15 is 0 Å². The lowest BCUT2D eigenvalue weighted by Gasteiger charge is -2.28. The van der Waals surface area contributed by atoms with Gasteiger partial charge in [0.1, 0.15) is 0 Å². The lowest BCUT2D eigenvalue weighted by Crippen LogP contribution is -2.43. The van der Waals surface area contributed by atoms with Crippen molar-refractivity contribution >= 4 is 18.6 Å². The lowest BCUT2D eigenvalue weighted by molar-refractivity contribution is 0.479. The van der Waals surface area contributed by atoms with Crippen molar-refractivity contribution in [3.8, 4) is 0 Å². The second kappa shape index (κ2) is 3.59. The first-order chi connectivity index (χ1) is 4.02. The third kappa shape index (κ3) is 3.23. The maximum Gasteiger partial charge on any atom is 0.223 e. The highest BCUT2D eigenvalue weighted by Crippen LogP contribution is 2.12. The van der Waals surface area contributed by atoms with Crippen LogP contribution in [-0.4, -0.2) is 25.2 Å². The van der Waals surface area contributed by atoms with Crippen LogP contribution in [0.15, 0.2) is 0 Å². The molecule has 0 aromatic heterocycles. The van der Waals surface area contributed by atoms with Crippen molar-refractivity contribution in [2.45, 2.75) is 26.9 Å². The number of hydrogen-bond acceptors (Lipinski definition) is 1. The summed E-state index contributed by atoms with van der Waals surface area (Å²) in [6, 6.07) is 0. The van der Waals surface area contributed by atoms with Crippen molar-refractivity contribution in [2.75, 3.05) is 13.1 Å². The molecule has 0 aliphatic carbocycles. The zero-order valence-electron chi connectivity index (χ0n) is 6.74. The molecule has 0 aromatic rings. The standard InChI is InChI=1S/C6H16ClNSi/c1-5-8(6-2)9(3,4)7/h5-6H2,1-4H3. The summed E-state index contributed by atoms with van der Waals surface area (Å²) in [6.07, 6.45) is 0. The molecule has 0 N–H and O–H groups in total. The first kappa shape index (κ1) is 9.47. The van der Waals surface area contributed by atoms with E-state index < -0.39 is 7.55 Å². The predicted octanol–water partition coefficient (Wildman–Crippen LogP) is 2.27. The molecule has 0 amide bonds. The van der Waals surface area contributed by atoms with Gasteiger partial charge in [0.2, 0.25) is 7.55 Å². The molecular formula is C6H16ClNSi. The first-order valence-corrected chi connectivity index (χ1v) is 7.42. The molecule has 0 atom stereocenters. The molecular weight excluding hydrogens is 150 g/mol. The van der Waals surface area contributed by atoms with Crippen LogP contribution in [0.25, 0.3) is 0 Å². The van der Waals surface area contributed by atoms with Crippen LogP contribution >= 0.6 is 11.1 Å². The summed E-state index contributed by atoms with van der Waals surface area (Å²) in [5, 5.41) is 0. The fourth-order valence-electron chi connectivity index (χ4n) is 0.976. The van der Waals surface area contributed by atoms with Crippen molar-refractivity contribution in [2.24, 2.45) is 0 Å². The van der Waals surface area contributed by atoms with Gasteiger partial charge in [-0.2, -0.15) is 0 Å². The normalized spacial score (nSPS) is 12.7. The van der Waals surface area contributed by atoms with Crippen molar-refractivity contribution in [3.05, 3.63) is 0 Å². The highest BCUT2D eigenvalue weighted by atomic mass is 35.6. The highest BCUT2D eigenvalue weighted by Gasteiger charge is 2.23. The summed E-state index contributed by atoms with van der Waals surface area (Å²) in [7, 11) is -1.48. The molecule has 0 bridgehead atoms. The van der Waals surface area contributed by atoms with Gasteiger partial charge in [-0.05, 0) is 26.2 Å². The van der Waals surface area contributed by atoms with Crippen LogP contribution in [0.1, 0.15) is 13.8 Å². The molecule has 1 nitrogen and oxygen atoms in total. The fraction of sp³-hybridized carbons (Fsp3) is 1.00. The van der Waals surface area contributed by atoms with Crippen molar-refractivity contribution in [3.63, 3.8) is 0 Å². The summed E-state index contributed by atoms with van der Waals surface area (Å²) in [5.74, 6) is 0. The fourth-order valence-corrected chi connectivity index (χ4v) is 3.20. The average Bonchev–Trinajstić information content (AvgIpc) is 1.65. The maximum absolute atomic E-state index is 6.16. The van der Waals surface area contributed by atoms with Crippen LogP contribution in [0.3, 0.4) is 0 Å². The maximum atomic E-state index is 6.16. The molecule has 0 radical (unpaired) electrons. The predicted molar refractivity (Wildman–Crippen MR) is 46.3 cm³/mol. The van der Waals surface area contributed by atoms with Gasteiger partial charge >= 0.3 is 0 Å². The van der Waals surface area contributed by atoms with Gasteiger partial charge in [-0.1, -0.05) is 13.8 Å². The molecule has 0 aromatic carbocycles. The number of nitrogens with zero attached hydrogens (tertiary/aromatic N) is 1. The highest BCUT2D eigenvalue weighted by molar-refractivity contribution is 7.17. The Balaban J connectivity index is 3.79. The Kier molecular flexibility index (Phi) is 3.78. The van der Waals surface area contributed by atoms with Gasteiger partial charge in [0.05, 0.1) is 0 Å². The zero-order valence-corrected chi connectivity index (χ0v) is 8.50. The number of rotatable bonds is 3. The second-order valence-corrected chi connectivity index (χ2v) is 8.81. The molecule has 0 unspecified atom stereocenters. The van der Waals surface area contributed by atoms with E-state index in [1.165, 1.54) is 0 Å². The summed E-state index contributed by atoms with van der Waals surface area (Å²) in [5.41, 5.74) is 0. The Labute approximate surface area is 63.8 Å². The molecule has 0 aliphatic heterocycles. The van der Waals surface area contributed by atoms with E-state index in [9.17, 15) is 0 Å². The minimum atomic E-state index is -1.48. The zero-order chi connectivity index (χ0) is 7.49. The topological polar surface area (TPSA) is 3.24 Å². The van der Waals surface area contributed by atoms with E-state index in [-0.39, 0.29) is 0 Å². The monoisotopic (exact) mass is 165 g/mol. The van der Waals surface area contributed by atoms with Crippen LogP contribution < -0.4 is 0 Å². The largest absolute Gasteiger partial charge is 0.312 e. The second-order valence-electron chi connectivity index (χ2n) is 2.58. The molecule has 0 saturated heterocycles. The summed E-state index contributed by atoms with van der Waals surface area (Å²) >= 11 is 6.16. The Bertz CT molecular complexity index is 75.6. The molecule has 9 heavy (non-hydrogen) atoms. The Hall–Kier alpha value is 0.467. The molecule has 0 aliphatic rings. The van der Waals surface area contributed by atoms with E-state index in [1.807, 2.05) is 0 Å². The van der Waals surface area contributed by atoms with Crippen LogP contribution in [0.5, 0.6) is 0 Å².